The van der Waals surface area contributed by atoms with Crippen LogP contribution in [0.1, 0.15) is 50.9 Å². The molecule has 6 aromatic rings. The predicted molar refractivity (Wildman–Crippen MR) is 251 cm³/mol. The smallest absolute Gasteiger partial charge is 0.274 e. The summed E-state index contributed by atoms with van der Waals surface area (Å²) < 4.78 is 22.8. The topological polar surface area (TPSA) is 213 Å². The van der Waals surface area contributed by atoms with Crippen LogP contribution in [0.15, 0.2) is 78.2 Å². The van der Waals surface area contributed by atoms with Crippen LogP contribution >= 0.6 is 22.9 Å². The summed E-state index contributed by atoms with van der Waals surface area (Å²) in [5.74, 6) is -1.41. The van der Waals surface area contributed by atoms with Gasteiger partial charge in [0.2, 0.25) is 11.8 Å². The highest BCUT2D eigenvalue weighted by molar-refractivity contribution is 7.17. The number of nitrogens with zero attached hydrogens (tertiary/aromatic N) is 2. The fourth-order valence-corrected chi connectivity index (χ4v) is 9.11. The standard InChI is InChI=1S/C47H48ClN7O10S/c1-28-26-66-39-7-6-38-45(44(28)39)31(24-48)25-55(38)47(61)37-23-30-21-33(3-5-35(30)53-37)51-46(60)36-22-29-20-32(2-4-34(29)52-36)50-41(57)11-14-62-16-17-63-18-19-65-27-64-15-12-49-40(56)10-13-54-42(58)8-9-43(54)59/h2-9,20-23,26,31,52-53H,10-19,24-25,27H2,1H3,(H,49,56)(H,50,57)(H,51,60)/t31-/m0/s1. The average molecular weight is 938 g/mol. The van der Waals surface area contributed by atoms with Crippen molar-refractivity contribution in [2.75, 3.05) is 87.5 Å². The summed E-state index contributed by atoms with van der Waals surface area (Å²) in [4.78, 5) is 84.1. The van der Waals surface area contributed by atoms with E-state index >= 15 is 0 Å². The third-order valence-corrected chi connectivity index (χ3v) is 12.6. The van der Waals surface area contributed by atoms with Gasteiger partial charge in [-0.3, -0.25) is 33.7 Å². The van der Waals surface area contributed by atoms with Crippen LogP contribution in [0.25, 0.3) is 31.9 Å². The molecule has 3 aromatic carbocycles. The second-order valence-corrected chi connectivity index (χ2v) is 16.9. The van der Waals surface area contributed by atoms with Gasteiger partial charge in [-0.1, -0.05) is 0 Å². The van der Waals surface area contributed by atoms with Crippen LogP contribution in [-0.4, -0.2) is 122 Å². The summed E-state index contributed by atoms with van der Waals surface area (Å²) in [5, 5.41) is 13.3. The van der Waals surface area contributed by atoms with Gasteiger partial charge >= 0.3 is 0 Å². The maximum Gasteiger partial charge on any atom is 0.274 e. The zero-order chi connectivity index (χ0) is 46.2. The number of H-pyrrole nitrogens is 2. The molecule has 17 nitrogen and oxygen atoms in total. The lowest BCUT2D eigenvalue weighted by atomic mass is 9.97. The van der Waals surface area contributed by atoms with E-state index < -0.39 is 11.8 Å². The summed E-state index contributed by atoms with van der Waals surface area (Å²) >= 11 is 8.13. The SMILES string of the molecule is Cc1csc2ccc3c(c12)[C@@H](CCl)CN3C(=O)c1cc2cc(NC(=O)c3cc4cc(NC(=O)CCOCCOCCOCOCCNC(=O)CCN5C(=O)C=CC5=O)ccc4[nH]3)ccc2[nH]1. The van der Waals surface area contributed by atoms with E-state index in [1.165, 1.54) is 27.8 Å². The molecule has 5 N–H and O–H groups in total. The number of alkyl halides is 1. The number of imide groups is 1. The number of carbonyl (C=O) groups excluding carboxylic acids is 6. The van der Waals surface area contributed by atoms with Gasteiger partial charge in [0.05, 0.1) is 46.1 Å². The van der Waals surface area contributed by atoms with Gasteiger partial charge in [-0.05, 0) is 84.1 Å². The first-order valence-electron chi connectivity index (χ1n) is 21.4. The lowest BCUT2D eigenvalue weighted by molar-refractivity contribution is -0.137. The Kier molecular flexibility index (Phi) is 14.9. The lowest BCUT2D eigenvalue weighted by Gasteiger charge is -2.17. The molecular weight excluding hydrogens is 890 g/mol. The Balaban J connectivity index is 0.709. The van der Waals surface area contributed by atoms with Gasteiger partial charge in [-0.2, -0.15) is 0 Å². The Morgan fingerprint density at radius 1 is 0.758 bits per heavy atom. The fourth-order valence-electron chi connectivity index (χ4n) is 7.90. The zero-order valence-electron chi connectivity index (χ0n) is 36.0. The van der Waals surface area contributed by atoms with E-state index in [0.717, 1.165) is 38.0 Å². The monoisotopic (exact) mass is 937 g/mol. The van der Waals surface area contributed by atoms with Gasteiger partial charge in [-0.25, -0.2) is 0 Å². The molecule has 0 saturated heterocycles. The Labute approximate surface area is 387 Å². The number of anilines is 3. The highest BCUT2D eigenvalue weighted by Gasteiger charge is 2.35. The minimum absolute atomic E-state index is 0.0118. The van der Waals surface area contributed by atoms with Crippen molar-refractivity contribution in [1.29, 1.82) is 0 Å². The number of rotatable bonds is 22. The van der Waals surface area contributed by atoms with Crippen LogP contribution in [0.3, 0.4) is 0 Å². The van der Waals surface area contributed by atoms with Crippen molar-refractivity contribution in [3.05, 3.63) is 101 Å². The molecular formula is C47H48ClN7O10S. The number of benzene rings is 3. The van der Waals surface area contributed by atoms with Crippen molar-refractivity contribution in [2.24, 2.45) is 0 Å². The molecule has 344 valence electrons. The summed E-state index contributed by atoms with van der Waals surface area (Å²) in [6.07, 6.45) is 2.50. The van der Waals surface area contributed by atoms with Crippen LogP contribution in [0.5, 0.6) is 0 Å². The van der Waals surface area contributed by atoms with Gasteiger partial charge < -0.3 is 49.8 Å². The average Bonchev–Trinajstić information content (AvgIpc) is 4.15. The van der Waals surface area contributed by atoms with E-state index in [2.05, 4.69) is 44.3 Å². The van der Waals surface area contributed by atoms with Crippen molar-refractivity contribution in [3.8, 4) is 0 Å². The van der Waals surface area contributed by atoms with Crippen LogP contribution in [0.2, 0.25) is 0 Å². The minimum Gasteiger partial charge on any atom is -0.379 e. The number of hydrogen-bond acceptors (Lipinski definition) is 11. The summed E-state index contributed by atoms with van der Waals surface area (Å²) in [7, 11) is 0. The van der Waals surface area contributed by atoms with E-state index in [1.807, 2.05) is 18.2 Å². The summed E-state index contributed by atoms with van der Waals surface area (Å²) in [6, 6.07) is 18.4. The van der Waals surface area contributed by atoms with Gasteiger partial charge in [0.1, 0.15) is 18.2 Å². The molecule has 0 radical (unpaired) electrons. The predicted octanol–water partition coefficient (Wildman–Crippen LogP) is 6.19. The largest absolute Gasteiger partial charge is 0.379 e. The first-order valence-corrected chi connectivity index (χ1v) is 22.8. The summed E-state index contributed by atoms with van der Waals surface area (Å²) in [5.41, 5.74) is 6.62. The Hall–Kier alpha value is -6.41. The van der Waals surface area contributed by atoms with Crippen molar-refractivity contribution in [3.63, 3.8) is 0 Å². The van der Waals surface area contributed by atoms with Crippen molar-refractivity contribution >= 4 is 107 Å². The quantitative estimate of drug-likeness (QED) is 0.0225. The second kappa shape index (κ2) is 21.3. The van der Waals surface area contributed by atoms with Crippen molar-refractivity contribution in [2.45, 2.75) is 25.7 Å². The van der Waals surface area contributed by atoms with Gasteiger partial charge in [0.15, 0.2) is 0 Å². The number of ether oxygens (including phenoxy) is 4. The molecule has 2 aliphatic rings. The van der Waals surface area contributed by atoms with Crippen molar-refractivity contribution < 1.29 is 47.7 Å². The summed E-state index contributed by atoms with van der Waals surface area (Å²) in [6.45, 7) is 4.54. The zero-order valence-corrected chi connectivity index (χ0v) is 37.6. The number of aromatic nitrogens is 2. The molecule has 0 fully saturated rings. The second-order valence-electron chi connectivity index (χ2n) is 15.7. The Morgan fingerprint density at radius 3 is 2.14 bits per heavy atom. The van der Waals surface area contributed by atoms with E-state index in [0.29, 0.717) is 61.6 Å². The number of fused-ring (bicyclic) bond motifs is 5. The highest BCUT2D eigenvalue weighted by Crippen LogP contribution is 2.45. The molecule has 0 aliphatic carbocycles. The number of thiophene rings is 1. The third kappa shape index (κ3) is 10.8. The van der Waals surface area contributed by atoms with Crippen molar-refractivity contribution in [1.82, 2.24) is 20.2 Å². The molecule has 6 amide bonds. The van der Waals surface area contributed by atoms with E-state index in [1.54, 1.807) is 52.6 Å². The van der Waals surface area contributed by atoms with E-state index in [9.17, 15) is 28.8 Å². The minimum atomic E-state index is -0.422. The molecule has 5 heterocycles. The molecule has 0 saturated carbocycles. The van der Waals surface area contributed by atoms with Gasteiger partial charge in [0, 0.05) is 99.0 Å². The maximum atomic E-state index is 13.9. The number of carbonyl (C=O) groups is 6. The molecule has 3 aromatic heterocycles. The first-order chi connectivity index (χ1) is 32.1. The van der Waals surface area contributed by atoms with Gasteiger partial charge in [0.25, 0.3) is 23.6 Å². The highest BCUT2D eigenvalue weighted by atomic mass is 35.5. The molecule has 0 bridgehead atoms. The number of amides is 6. The molecule has 8 rings (SSSR count). The molecule has 0 unspecified atom stereocenters. The van der Waals surface area contributed by atoms with E-state index in [-0.39, 0.29) is 75.5 Å². The lowest BCUT2D eigenvalue weighted by Crippen LogP contribution is -2.35. The Bertz CT molecular complexity index is 2820. The number of hydrogen-bond donors (Lipinski definition) is 5. The van der Waals surface area contributed by atoms with Gasteiger partial charge in [-0.15, -0.1) is 22.9 Å². The molecule has 0 spiro atoms. The molecule has 66 heavy (non-hydrogen) atoms. The van der Waals surface area contributed by atoms with E-state index in [4.69, 9.17) is 30.5 Å². The number of halogens is 1. The van der Waals surface area contributed by atoms with Crippen LogP contribution < -0.4 is 20.9 Å². The third-order valence-electron chi connectivity index (χ3n) is 11.1. The van der Waals surface area contributed by atoms with Crippen LogP contribution in [-0.2, 0) is 38.1 Å². The molecule has 1 atom stereocenters. The molecule has 2 aliphatic heterocycles. The first kappa shape index (κ1) is 46.1. The number of aryl methyl sites for hydroxylation is 1. The fraction of sp³-hybridized carbons (Fsp3) is 0.319. The normalized spacial score (nSPS) is 14.5. The number of nitrogens with one attached hydrogen (secondary N) is 5. The van der Waals surface area contributed by atoms with Crippen LogP contribution in [0, 0.1) is 6.92 Å². The Morgan fingerprint density at radius 2 is 1.41 bits per heavy atom. The van der Waals surface area contributed by atoms with Crippen LogP contribution in [0.4, 0.5) is 17.1 Å². The molecule has 19 heteroatoms. The number of aromatic amines is 2. The maximum absolute atomic E-state index is 13.9.